The highest BCUT2D eigenvalue weighted by Crippen LogP contribution is 2.35. The van der Waals surface area contributed by atoms with E-state index in [-0.39, 0.29) is 19.3 Å². The third-order valence-electron chi connectivity index (χ3n) is 2.67. The molecule has 0 aromatic carbocycles. The summed E-state index contributed by atoms with van der Waals surface area (Å²) in [6, 6.07) is 0. The smallest absolute Gasteiger partial charge is 0.376 e. The van der Waals surface area contributed by atoms with E-state index in [1.807, 2.05) is 0 Å². The van der Waals surface area contributed by atoms with Gasteiger partial charge in [-0.3, -0.25) is 4.79 Å². The Labute approximate surface area is 106 Å². The molecule has 0 aliphatic carbocycles. The molecule has 1 amide bonds. The number of carbonyl (C=O) groups excluding carboxylic acids is 1. The fourth-order valence-electron chi connectivity index (χ4n) is 1.59. The number of hydrogen-bond acceptors (Lipinski definition) is 3. The highest BCUT2D eigenvalue weighted by atomic mass is 19.4. The Kier molecular flexibility index (Phi) is 5.48. The molecular formula is C10H15F5N2O2. The second kappa shape index (κ2) is 6.47. The Balaban J connectivity index is 2.23. The van der Waals surface area contributed by atoms with Crippen LogP contribution >= 0.6 is 0 Å². The van der Waals surface area contributed by atoms with Gasteiger partial charge in [-0.25, -0.2) is 0 Å². The number of rotatable bonds is 5. The highest BCUT2D eigenvalue weighted by molar-refractivity contribution is 5.84. The number of amides is 1. The summed E-state index contributed by atoms with van der Waals surface area (Å²) in [5.74, 6) is -7.73. The first-order chi connectivity index (χ1) is 8.75. The molecule has 1 fully saturated rings. The van der Waals surface area contributed by atoms with Gasteiger partial charge in [-0.15, -0.1) is 0 Å². The first-order valence-corrected chi connectivity index (χ1v) is 5.80. The van der Waals surface area contributed by atoms with E-state index in [2.05, 4.69) is 5.32 Å². The number of hydrogen-bond donors (Lipinski definition) is 2. The van der Waals surface area contributed by atoms with Crippen LogP contribution in [0.2, 0.25) is 0 Å². The Hall–Kier alpha value is -0.960. The molecule has 1 aliphatic rings. The molecule has 0 saturated carbocycles. The number of halogens is 5. The second-order valence-electron chi connectivity index (χ2n) is 4.15. The minimum atomic E-state index is -5.88. The molecule has 1 heterocycles. The minimum Gasteiger partial charge on any atom is -0.376 e. The Morgan fingerprint density at radius 3 is 2.32 bits per heavy atom. The van der Waals surface area contributed by atoms with E-state index in [1.165, 1.54) is 5.32 Å². The van der Waals surface area contributed by atoms with Crippen molar-refractivity contribution in [2.24, 2.45) is 0 Å². The quantitative estimate of drug-likeness (QED) is 0.588. The van der Waals surface area contributed by atoms with Gasteiger partial charge in [0.05, 0.1) is 12.7 Å². The topological polar surface area (TPSA) is 50.4 Å². The molecule has 2 N–H and O–H groups in total. The third-order valence-corrected chi connectivity index (χ3v) is 2.67. The van der Waals surface area contributed by atoms with Crippen LogP contribution in [0.15, 0.2) is 0 Å². The molecule has 0 aromatic rings. The van der Waals surface area contributed by atoms with Gasteiger partial charge in [-0.05, 0) is 25.9 Å². The van der Waals surface area contributed by atoms with Gasteiger partial charge in [-0.2, -0.15) is 22.0 Å². The molecule has 0 atom stereocenters. The van der Waals surface area contributed by atoms with Crippen LogP contribution in [0.1, 0.15) is 12.8 Å². The van der Waals surface area contributed by atoms with Crippen molar-refractivity contribution in [1.82, 2.24) is 10.6 Å². The predicted molar refractivity (Wildman–Crippen MR) is 55.9 cm³/mol. The minimum absolute atomic E-state index is 0.0544. The summed E-state index contributed by atoms with van der Waals surface area (Å²) in [5, 5.41) is 4.61. The monoisotopic (exact) mass is 290 g/mol. The number of carbonyl (C=O) groups is 1. The van der Waals surface area contributed by atoms with Gasteiger partial charge < -0.3 is 15.4 Å². The molecule has 4 nitrogen and oxygen atoms in total. The largest absolute Gasteiger partial charge is 0.463 e. The van der Waals surface area contributed by atoms with Crippen molar-refractivity contribution in [3.8, 4) is 0 Å². The SMILES string of the molecule is O=C(NCCOC1CCNCC1)C(F)(F)C(F)(F)F. The summed E-state index contributed by atoms with van der Waals surface area (Å²) in [5.41, 5.74) is 0. The first-order valence-electron chi connectivity index (χ1n) is 5.80. The molecule has 112 valence electrons. The van der Waals surface area contributed by atoms with E-state index in [1.54, 1.807) is 0 Å². The van der Waals surface area contributed by atoms with Crippen LogP contribution in [-0.2, 0) is 9.53 Å². The van der Waals surface area contributed by atoms with Gasteiger partial charge in [0.2, 0.25) is 0 Å². The second-order valence-corrected chi connectivity index (χ2v) is 4.15. The average Bonchev–Trinajstić information content (AvgIpc) is 2.34. The normalized spacial score (nSPS) is 18.4. The van der Waals surface area contributed by atoms with E-state index in [4.69, 9.17) is 4.74 Å². The number of ether oxygens (including phenoxy) is 1. The van der Waals surface area contributed by atoms with Gasteiger partial charge in [-0.1, -0.05) is 0 Å². The van der Waals surface area contributed by atoms with Crippen LogP contribution in [-0.4, -0.2) is 50.4 Å². The Morgan fingerprint density at radius 2 is 1.79 bits per heavy atom. The zero-order chi connectivity index (χ0) is 14.5. The van der Waals surface area contributed by atoms with E-state index in [0.29, 0.717) is 0 Å². The molecule has 9 heteroatoms. The number of nitrogens with one attached hydrogen (secondary N) is 2. The van der Waals surface area contributed by atoms with E-state index in [0.717, 1.165) is 25.9 Å². The van der Waals surface area contributed by atoms with E-state index < -0.39 is 18.0 Å². The zero-order valence-corrected chi connectivity index (χ0v) is 10.0. The van der Waals surface area contributed by atoms with Crippen molar-refractivity contribution < 1.29 is 31.5 Å². The number of alkyl halides is 5. The predicted octanol–water partition coefficient (Wildman–Crippen LogP) is 1.07. The maximum absolute atomic E-state index is 12.5. The summed E-state index contributed by atoms with van der Waals surface area (Å²) in [6.45, 7) is 1.06. The Morgan fingerprint density at radius 1 is 1.21 bits per heavy atom. The Bertz CT molecular complexity index is 303. The first kappa shape index (κ1) is 16.1. The van der Waals surface area contributed by atoms with Crippen LogP contribution in [0.5, 0.6) is 0 Å². The molecule has 0 aromatic heterocycles. The van der Waals surface area contributed by atoms with E-state index >= 15 is 0 Å². The molecular weight excluding hydrogens is 275 g/mol. The fraction of sp³-hybridized carbons (Fsp3) is 0.900. The van der Waals surface area contributed by atoms with Crippen LogP contribution in [0, 0.1) is 0 Å². The lowest BCUT2D eigenvalue weighted by Gasteiger charge is -2.23. The maximum Gasteiger partial charge on any atom is 0.463 e. The highest BCUT2D eigenvalue weighted by Gasteiger charge is 2.63. The van der Waals surface area contributed by atoms with Crippen LogP contribution in [0.25, 0.3) is 0 Å². The van der Waals surface area contributed by atoms with Gasteiger partial charge in [0, 0.05) is 6.54 Å². The van der Waals surface area contributed by atoms with Crippen molar-refractivity contribution >= 4 is 5.91 Å². The van der Waals surface area contributed by atoms with Gasteiger partial charge in [0.25, 0.3) is 5.91 Å². The van der Waals surface area contributed by atoms with Gasteiger partial charge >= 0.3 is 12.1 Å². The third kappa shape index (κ3) is 4.57. The molecule has 19 heavy (non-hydrogen) atoms. The summed E-state index contributed by atoms with van der Waals surface area (Å²) in [4.78, 5) is 10.7. The molecule has 1 aliphatic heterocycles. The van der Waals surface area contributed by atoms with Gasteiger partial charge in [0.15, 0.2) is 0 Å². The van der Waals surface area contributed by atoms with Crippen molar-refractivity contribution in [2.45, 2.75) is 31.0 Å². The zero-order valence-electron chi connectivity index (χ0n) is 10.0. The van der Waals surface area contributed by atoms with Crippen molar-refractivity contribution in [1.29, 1.82) is 0 Å². The summed E-state index contributed by atoms with van der Waals surface area (Å²) < 4.78 is 65.8. The van der Waals surface area contributed by atoms with Crippen molar-refractivity contribution in [3.05, 3.63) is 0 Å². The lowest BCUT2D eigenvalue weighted by atomic mass is 10.1. The lowest BCUT2D eigenvalue weighted by molar-refractivity contribution is -0.269. The molecule has 0 bridgehead atoms. The molecule has 0 unspecified atom stereocenters. The number of piperidine rings is 1. The summed E-state index contributed by atoms with van der Waals surface area (Å²) >= 11 is 0. The van der Waals surface area contributed by atoms with Crippen molar-refractivity contribution in [2.75, 3.05) is 26.2 Å². The van der Waals surface area contributed by atoms with Crippen molar-refractivity contribution in [3.63, 3.8) is 0 Å². The van der Waals surface area contributed by atoms with Crippen LogP contribution < -0.4 is 10.6 Å². The molecule has 0 radical (unpaired) electrons. The molecule has 1 rings (SSSR count). The lowest BCUT2D eigenvalue weighted by Crippen LogP contribution is -2.51. The summed E-state index contributed by atoms with van der Waals surface area (Å²) in [6.07, 6.45) is -4.45. The van der Waals surface area contributed by atoms with E-state index in [9.17, 15) is 26.7 Å². The standard InChI is InChI=1S/C10H15F5N2O2/c11-9(12,10(13,14)15)8(18)17-5-6-19-7-1-3-16-4-2-7/h7,16H,1-6H2,(H,17,18). The van der Waals surface area contributed by atoms with Gasteiger partial charge in [0.1, 0.15) is 0 Å². The average molecular weight is 290 g/mol. The molecule has 0 spiro atoms. The maximum atomic E-state index is 12.5. The fourth-order valence-corrected chi connectivity index (χ4v) is 1.59. The molecule has 1 saturated heterocycles. The summed E-state index contributed by atoms with van der Waals surface area (Å²) in [7, 11) is 0. The van der Waals surface area contributed by atoms with Crippen LogP contribution in [0.4, 0.5) is 22.0 Å². The van der Waals surface area contributed by atoms with Crippen LogP contribution in [0.3, 0.4) is 0 Å².